The Bertz CT molecular complexity index is 309. The molecule has 0 radical (unpaired) electrons. The standard InChI is InChI=1S/C9H9ClO3/c1-6(11)13-9(12)7-3-2-4-8(10)5-7/h2-6,11H,1H3. The second-order valence-corrected chi connectivity index (χ2v) is 2.95. The fraction of sp³-hybridized carbons (Fsp3) is 0.222. The molecule has 0 bridgehead atoms. The molecule has 3 nitrogen and oxygen atoms in total. The van der Waals surface area contributed by atoms with Crippen LogP contribution >= 0.6 is 11.6 Å². The van der Waals surface area contributed by atoms with E-state index in [2.05, 4.69) is 4.74 Å². The van der Waals surface area contributed by atoms with E-state index in [0.717, 1.165) is 0 Å². The molecule has 0 aromatic heterocycles. The zero-order chi connectivity index (χ0) is 9.84. The zero-order valence-electron chi connectivity index (χ0n) is 7.03. The molecule has 0 heterocycles. The van der Waals surface area contributed by atoms with Gasteiger partial charge in [0.15, 0.2) is 6.29 Å². The lowest BCUT2D eigenvalue weighted by molar-refractivity contribution is -0.0523. The molecule has 4 heteroatoms. The van der Waals surface area contributed by atoms with Crippen LogP contribution in [0, 0.1) is 0 Å². The number of rotatable bonds is 2. The number of benzene rings is 1. The first-order valence-corrected chi connectivity index (χ1v) is 4.12. The summed E-state index contributed by atoms with van der Waals surface area (Å²) in [4.78, 5) is 11.2. The molecule has 1 N–H and O–H groups in total. The molecule has 13 heavy (non-hydrogen) atoms. The minimum absolute atomic E-state index is 0.327. The molecule has 0 aliphatic rings. The van der Waals surface area contributed by atoms with Crippen molar-refractivity contribution in [3.05, 3.63) is 34.9 Å². The number of halogens is 1. The lowest BCUT2D eigenvalue weighted by Gasteiger charge is -2.06. The van der Waals surface area contributed by atoms with Gasteiger partial charge >= 0.3 is 5.97 Å². The Labute approximate surface area is 80.9 Å². The van der Waals surface area contributed by atoms with E-state index in [9.17, 15) is 4.79 Å². The molecule has 0 spiro atoms. The lowest BCUT2D eigenvalue weighted by Crippen LogP contribution is -2.13. The van der Waals surface area contributed by atoms with Crippen LogP contribution in [0.4, 0.5) is 0 Å². The number of hydrogen-bond donors (Lipinski definition) is 1. The van der Waals surface area contributed by atoms with Crippen LogP contribution in [0.1, 0.15) is 17.3 Å². The Morgan fingerprint density at radius 1 is 1.62 bits per heavy atom. The third kappa shape index (κ3) is 3.05. The van der Waals surface area contributed by atoms with E-state index in [1.807, 2.05) is 0 Å². The van der Waals surface area contributed by atoms with Crippen LogP contribution in [0.3, 0.4) is 0 Å². The highest BCUT2D eigenvalue weighted by molar-refractivity contribution is 6.30. The quantitative estimate of drug-likeness (QED) is 0.585. The summed E-state index contributed by atoms with van der Waals surface area (Å²) < 4.78 is 4.55. The van der Waals surface area contributed by atoms with E-state index >= 15 is 0 Å². The van der Waals surface area contributed by atoms with Gasteiger partial charge in [0.1, 0.15) is 0 Å². The highest BCUT2D eigenvalue weighted by Gasteiger charge is 2.09. The van der Waals surface area contributed by atoms with E-state index in [1.54, 1.807) is 18.2 Å². The number of hydrogen-bond acceptors (Lipinski definition) is 3. The van der Waals surface area contributed by atoms with Gasteiger partial charge in [-0.2, -0.15) is 0 Å². The Kier molecular flexibility index (Phi) is 3.28. The van der Waals surface area contributed by atoms with Crippen LogP contribution in [-0.4, -0.2) is 17.4 Å². The van der Waals surface area contributed by atoms with Crippen LogP contribution in [0.5, 0.6) is 0 Å². The largest absolute Gasteiger partial charge is 0.433 e. The molecule has 1 rings (SSSR count). The van der Waals surface area contributed by atoms with Crippen molar-refractivity contribution in [3.63, 3.8) is 0 Å². The third-order valence-electron chi connectivity index (χ3n) is 1.34. The summed E-state index contributed by atoms with van der Waals surface area (Å²) in [7, 11) is 0. The van der Waals surface area contributed by atoms with Crippen molar-refractivity contribution in [1.29, 1.82) is 0 Å². The third-order valence-corrected chi connectivity index (χ3v) is 1.57. The van der Waals surface area contributed by atoms with Crippen molar-refractivity contribution in [1.82, 2.24) is 0 Å². The molecule has 0 saturated heterocycles. The molecule has 0 saturated carbocycles. The van der Waals surface area contributed by atoms with Crippen LogP contribution in [0.2, 0.25) is 5.02 Å². The molecule has 1 unspecified atom stereocenters. The molecule has 0 fully saturated rings. The number of aliphatic hydroxyl groups excluding tert-OH is 1. The highest BCUT2D eigenvalue weighted by Crippen LogP contribution is 2.11. The fourth-order valence-corrected chi connectivity index (χ4v) is 1.03. The van der Waals surface area contributed by atoms with Crippen molar-refractivity contribution in [2.45, 2.75) is 13.2 Å². The first kappa shape index (κ1) is 10.0. The molecular weight excluding hydrogens is 192 g/mol. The zero-order valence-corrected chi connectivity index (χ0v) is 7.78. The predicted molar refractivity (Wildman–Crippen MR) is 48.5 cm³/mol. The van der Waals surface area contributed by atoms with Gasteiger partial charge < -0.3 is 9.84 Å². The summed E-state index contributed by atoms with van der Waals surface area (Å²) in [5.41, 5.74) is 0.327. The second kappa shape index (κ2) is 4.25. The van der Waals surface area contributed by atoms with Gasteiger partial charge in [0.25, 0.3) is 0 Å². The Morgan fingerprint density at radius 2 is 2.31 bits per heavy atom. The van der Waals surface area contributed by atoms with Crippen LogP contribution in [-0.2, 0) is 4.74 Å². The van der Waals surface area contributed by atoms with Crippen molar-refractivity contribution < 1.29 is 14.6 Å². The maximum atomic E-state index is 11.2. The van der Waals surface area contributed by atoms with Gasteiger partial charge in [-0.1, -0.05) is 17.7 Å². The van der Waals surface area contributed by atoms with Gasteiger partial charge in [-0.05, 0) is 25.1 Å². The smallest absolute Gasteiger partial charge is 0.340 e. The molecule has 0 aliphatic carbocycles. The average molecular weight is 201 g/mol. The normalized spacial score (nSPS) is 12.2. The Morgan fingerprint density at radius 3 is 2.85 bits per heavy atom. The SMILES string of the molecule is CC(O)OC(=O)c1cccc(Cl)c1. The first-order valence-electron chi connectivity index (χ1n) is 3.74. The number of carbonyl (C=O) groups excluding carboxylic acids is 1. The average Bonchev–Trinajstić information content (AvgIpc) is 2.03. The number of aliphatic hydroxyl groups is 1. The van der Waals surface area contributed by atoms with E-state index in [1.165, 1.54) is 13.0 Å². The van der Waals surface area contributed by atoms with E-state index in [-0.39, 0.29) is 0 Å². The summed E-state index contributed by atoms with van der Waals surface area (Å²) >= 11 is 5.66. The first-order chi connectivity index (χ1) is 6.09. The number of ether oxygens (including phenoxy) is 1. The van der Waals surface area contributed by atoms with Crippen molar-refractivity contribution in [2.24, 2.45) is 0 Å². The summed E-state index contributed by atoms with van der Waals surface area (Å²) in [5, 5.41) is 9.24. The molecule has 0 amide bonds. The lowest BCUT2D eigenvalue weighted by atomic mass is 10.2. The molecule has 1 aromatic rings. The number of carbonyl (C=O) groups is 1. The fourth-order valence-electron chi connectivity index (χ4n) is 0.838. The minimum Gasteiger partial charge on any atom is -0.433 e. The number of esters is 1. The molecule has 0 aliphatic heterocycles. The van der Waals surface area contributed by atoms with Crippen LogP contribution in [0.25, 0.3) is 0 Å². The molecular formula is C9H9ClO3. The van der Waals surface area contributed by atoms with E-state index in [0.29, 0.717) is 10.6 Å². The van der Waals surface area contributed by atoms with Crippen molar-refractivity contribution >= 4 is 17.6 Å². The summed E-state index contributed by atoms with van der Waals surface area (Å²) in [6, 6.07) is 6.34. The Balaban J connectivity index is 2.77. The Hall–Kier alpha value is -1.06. The van der Waals surface area contributed by atoms with Gasteiger partial charge in [0.2, 0.25) is 0 Å². The van der Waals surface area contributed by atoms with Gasteiger partial charge in [0.05, 0.1) is 5.56 Å². The van der Waals surface area contributed by atoms with E-state index in [4.69, 9.17) is 16.7 Å². The van der Waals surface area contributed by atoms with E-state index < -0.39 is 12.3 Å². The van der Waals surface area contributed by atoms with Crippen molar-refractivity contribution in [3.8, 4) is 0 Å². The topological polar surface area (TPSA) is 46.5 Å². The maximum absolute atomic E-state index is 11.2. The van der Waals surface area contributed by atoms with Gasteiger partial charge in [-0.15, -0.1) is 0 Å². The van der Waals surface area contributed by atoms with Gasteiger partial charge in [-0.25, -0.2) is 4.79 Å². The maximum Gasteiger partial charge on any atom is 0.340 e. The van der Waals surface area contributed by atoms with Gasteiger partial charge in [-0.3, -0.25) is 0 Å². The molecule has 70 valence electrons. The predicted octanol–water partition coefficient (Wildman–Crippen LogP) is 1.84. The second-order valence-electron chi connectivity index (χ2n) is 2.51. The van der Waals surface area contributed by atoms with Crippen LogP contribution in [0.15, 0.2) is 24.3 Å². The van der Waals surface area contributed by atoms with Gasteiger partial charge in [0, 0.05) is 5.02 Å². The summed E-state index contributed by atoms with van der Waals surface area (Å²) in [5.74, 6) is -0.586. The highest BCUT2D eigenvalue weighted by atomic mass is 35.5. The van der Waals surface area contributed by atoms with Crippen LogP contribution < -0.4 is 0 Å². The van der Waals surface area contributed by atoms with Crippen molar-refractivity contribution in [2.75, 3.05) is 0 Å². The molecule has 1 atom stereocenters. The molecule has 1 aromatic carbocycles. The monoisotopic (exact) mass is 200 g/mol. The summed E-state index contributed by atoms with van der Waals surface area (Å²) in [6.45, 7) is 1.36. The minimum atomic E-state index is -1.11. The summed E-state index contributed by atoms with van der Waals surface area (Å²) in [6.07, 6.45) is -1.11.